The molecule has 0 aromatic carbocycles. The summed E-state index contributed by atoms with van der Waals surface area (Å²) in [6, 6.07) is 3.08. The molecule has 0 aromatic rings. The molecule has 4 heteroatoms. The summed E-state index contributed by atoms with van der Waals surface area (Å²) in [5, 5.41) is 0.321. The minimum Gasteiger partial charge on any atom is -0.518 e. The van der Waals surface area contributed by atoms with Gasteiger partial charge in [-0.05, 0) is 18.1 Å². The second-order valence-electron chi connectivity index (χ2n) is 2.85. The summed E-state index contributed by atoms with van der Waals surface area (Å²) >= 11 is 3.10. The third kappa shape index (κ3) is 3.27. The maximum Gasteiger partial charge on any atom is 0.303 e. The van der Waals surface area contributed by atoms with E-state index in [1.54, 1.807) is 0 Å². The summed E-state index contributed by atoms with van der Waals surface area (Å²) in [4.78, 5) is 11.1. The first-order chi connectivity index (χ1) is 5.64. The van der Waals surface area contributed by atoms with Gasteiger partial charge in [0, 0.05) is 0 Å². The van der Waals surface area contributed by atoms with E-state index in [1.165, 1.54) is 0 Å². The predicted octanol–water partition coefficient (Wildman–Crippen LogP) is 2.93. The predicted molar refractivity (Wildman–Crippen MR) is 57.1 cm³/mol. The average Bonchev–Trinajstić information content (AvgIpc) is 2.14. The molecule has 0 aliphatic rings. The van der Waals surface area contributed by atoms with Crippen molar-refractivity contribution in [3.8, 4) is 0 Å². The Morgan fingerprint density at radius 3 is 1.92 bits per heavy atom. The molecule has 0 bridgehead atoms. The number of alkyl halides is 1. The molecule has 12 heavy (non-hydrogen) atoms. The van der Waals surface area contributed by atoms with Crippen LogP contribution >= 0.6 is 15.9 Å². The molecule has 2 nitrogen and oxygen atoms in total. The highest BCUT2D eigenvalue weighted by molar-refractivity contribution is 9.09. The van der Waals surface area contributed by atoms with E-state index in [9.17, 15) is 4.79 Å². The lowest BCUT2D eigenvalue weighted by Gasteiger charge is -2.26. The minimum atomic E-state index is -1.68. The van der Waals surface area contributed by atoms with E-state index in [-0.39, 0.29) is 5.97 Å². The molecule has 0 atom stereocenters. The van der Waals surface area contributed by atoms with Gasteiger partial charge in [0.15, 0.2) is 0 Å². The lowest BCUT2D eigenvalue weighted by Crippen LogP contribution is -2.38. The van der Waals surface area contributed by atoms with Gasteiger partial charge in [0.1, 0.15) is 0 Å². The van der Waals surface area contributed by atoms with Crippen LogP contribution in [0.1, 0.15) is 20.8 Å². The molecule has 0 heterocycles. The first-order valence-electron chi connectivity index (χ1n) is 4.42. The third-order valence-electron chi connectivity index (χ3n) is 2.37. The van der Waals surface area contributed by atoms with E-state index in [2.05, 4.69) is 36.7 Å². The molecule has 0 amide bonds. The van der Waals surface area contributed by atoms with E-state index in [0.29, 0.717) is 5.33 Å². The van der Waals surface area contributed by atoms with E-state index >= 15 is 0 Å². The van der Waals surface area contributed by atoms with Crippen molar-refractivity contribution in [2.75, 3.05) is 5.33 Å². The molecule has 0 unspecified atom stereocenters. The Balaban J connectivity index is 4.19. The molecular formula is C8H17BrO2Si. The van der Waals surface area contributed by atoms with Crippen molar-refractivity contribution in [3.05, 3.63) is 0 Å². The first kappa shape index (κ1) is 12.2. The van der Waals surface area contributed by atoms with Crippen LogP contribution in [0.25, 0.3) is 0 Å². The Kier molecular flexibility index (Phi) is 5.83. The van der Waals surface area contributed by atoms with Crippen LogP contribution in [0.5, 0.6) is 0 Å². The van der Waals surface area contributed by atoms with Crippen LogP contribution in [-0.4, -0.2) is 19.6 Å². The molecule has 72 valence electrons. The summed E-state index contributed by atoms with van der Waals surface area (Å²) in [7, 11) is -1.68. The average molecular weight is 253 g/mol. The van der Waals surface area contributed by atoms with Crippen molar-refractivity contribution in [3.63, 3.8) is 0 Å². The molecule has 0 N–H and O–H groups in total. The van der Waals surface area contributed by atoms with Crippen LogP contribution in [0.15, 0.2) is 0 Å². The fraction of sp³-hybridized carbons (Fsp3) is 0.875. The monoisotopic (exact) mass is 252 g/mol. The number of halogens is 1. The van der Waals surface area contributed by atoms with E-state index in [4.69, 9.17) is 4.43 Å². The van der Waals surface area contributed by atoms with Gasteiger partial charge in [0.2, 0.25) is 0 Å². The normalized spacial score (nSPS) is 11.3. The molecule has 0 spiro atoms. The van der Waals surface area contributed by atoms with E-state index in [0.717, 1.165) is 18.1 Å². The van der Waals surface area contributed by atoms with Crippen molar-refractivity contribution in [1.29, 1.82) is 0 Å². The SMILES string of the molecule is CC[Si](CC)(CC)OC(=O)CBr. The molecule has 0 radical (unpaired) electrons. The number of hydrogen-bond acceptors (Lipinski definition) is 2. The lowest BCUT2D eigenvalue weighted by atomic mass is 10.8. The molecule has 0 fully saturated rings. The highest BCUT2D eigenvalue weighted by atomic mass is 79.9. The first-order valence-corrected chi connectivity index (χ1v) is 8.07. The fourth-order valence-electron chi connectivity index (χ4n) is 1.24. The van der Waals surface area contributed by atoms with Gasteiger partial charge >= 0.3 is 5.97 Å². The van der Waals surface area contributed by atoms with Crippen molar-refractivity contribution in [2.45, 2.75) is 38.9 Å². The van der Waals surface area contributed by atoms with Gasteiger partial charge in [-0.3, -0.25) is 4.79 Å². The number of hydrogen-bond donors (Lipinski definition) is 0. The molecule has 0 aliphatic heterocycles. The van der Waals surface area contributed by atoms with Crippen molar-refractivity contribution in [1.82, 2.24) is 0 Å². The minimum absolute atomic E-state index is 0.104. The van der Waals surface area contributed by atoms with Crippen LogP contribution < -0.4 is 0 Å². The van der Waals surface area contributed by atoms with E-state index in [1.807, 2.05) is 0 Å². The quantitative estimate of drug-likeness (QED) is 0.556. The van der Waals surface area contributed by atoms with Gasteiger partial charge < -0.3 is 4.43 Å². The van der Waals surface area contributed by atoms with Crippen molar-refractivity contribution < 1.29 is 9.22 Å². The molecule has 0 saturated carbocycles. The fourth-order valence-corrected chi connectivity index (χ4v) is 4.05. The summed E-state index contributed by atoms with van der Waals surface area (Å²) in [5.74, 6) is -0.104. The summed E-state index contributed by atoms with van der Waals surface area (Å²) < 4.78 is 5.49. The Labute approximate surface area is 83.9 Å². The summed E-state index contributed by atoms with van der Waals surface area (Å²) in [6.45, 7) is 6.34. The van der Waals surface area contributed by atoms with Gasteiger partial charge in [0.05, 0.1) is 5.33 Å². The zero-order chi connectivity index (χ0) is 9.61. The van der Waals surface area contributed by atoms with Crippen LogP contribution in [0.3, 0.4) is 0 Å². The summed E-state index contributed by atoms with van der Waals surface area (Å²) in [5.41, 5.74) is 0. The Morgan fingerprint density at radius 1 is 1.25 bits per heavy atom. The molecule has 0 saturated heterocycles. The highest BCUT2D eigenvalue weighted by Gasteiger charge is 2.32. The third-order valence-corrected chi connectivity index (χ3v) is 7.36. The van der Waals surface area contributed by atoms with Crippen LogP contribution in [0.2, 0.25) is 18.1 Å². The maximum absolute atomic E-state index is 11.1. The molecule has 0 aliphatic carbocycles. The second-order valence-corrected chi connectivity index (χ2v) is 8.10. The Morgan fingerprint density at radius 2 is 1.67 bits per heavy atom. The smallest absolute Gasteiger partial charge is 0.303 e. The van der Waals surface area contributed by atoms with Crippen LogP contribution in [-0.2, 0) is 9.22 Å². The maximum atomic E-state index is 11.1. The van der Waals surface area contributed by atoms with Crippen molar-refractivity contribution >= 4 is 30.2 Å². The van der Waals surface area contributed by atoms with Crippen LogP contribution in [0, 0.1) is 0 Å². The standard InChI is InChI=1S/C8H17BrO2Si/c1-4-12(5-2,6-3)11-8(10)7-9/h4-7H2,1-3H3. The summed E-state index contributed by atoms with van der Waals surface area (Å²) in [6.07, 6.45) is 0. The molecular weight excluding hydrogens is 236 g/mol. The van der Waals surface area contributed by atoms with Crippen LogP contribution in [0.4, 0.5) is 0 Å². The van der Waals surface area contributed by atoms with Gasteiger partial charge in [0.25, 0.3) is 8.32 Å². The zero-order valence-electron chi connectivity index (χ0n) is 8.02. The highest BCUT2D eigenvalue weighted by Crippen LogP contribution is 2.21. The van der Waals surface area contributed by atoms with Gasteiger partial charge in [-0.1, -0.05) is 36.7 Å². The van der Waals surface area contributed by atoms with E-state index < -0.39 is 8.32 Å². The van der Waals surface area contributed by atoms with Crippen molar-refractivity contribution in [2.24, 2.45) is 0 Å². The van der Waals surface area contributed by atoms with Gasteiger partial charge in [-0.25, -0.2) is 0 Å². The zero-order valence-corrected chi connectivity index (χ0v) is 10.6. The second kappa shape index (κ2) is 5.75. The molecule has 0 aromatic heterocycles. The largest absolute Gasteiger partial charge is 0.518 e. The topological polar surface area (TPSA) is 26.3 Å². The Hall–Kier alpha value is 0.167. The number of rotatable bonds is 5. The lowest BCUT2D eigenvalue weighted by molar-refractivity contribution is -0.132. The number of carbonyl (C=O) groups is 1. The molecule has 0 rings (SSSR count). The number of carbonyl (C=O) groups excluding carboxylic acids is 1. The van der Waals surface area contributed by atoms with Gasteiger partial charge in [-0.15, -0.1) is 0 Å². The van der Waals surface area contributed by atoms with Gasteiger partial charge in [-0.2, -0.15) is 0 Å². The Bertz CT molecular complexity index is 138.